The number of amides is 2. The SMILES string of the molecule is COc1cc(/C=C2\SC(=O)N(Cc3ccccc3)C2=O)cc(I)c1OCc1ccc(Cl)cc1. The van der Waals surface area contributed by atoms with E-state index in [1.807, 2.05) is 60.7 Å². The predicted octanol–water partition coefficient (Wildman–Crippen LogP) is 6.77. The van der Waals surface area contributed by atoms with Gasteiger partial charge in [-0.15, -0.1) is 0 Å². The molecular weight excluding hydrogens is 573 g/mol. The fourth-order valence-corrected chi connectivity index (χ4v) is 5.00. The summed E-state index contributed by atoms with van der Waals surface area (Å²) in [6, 6.07) is 20.6. The van der Waals surface area contributed by atoms with E-state index in [4.69, 9.17) is 21.1 Å². The average Bonchev–Trinajstić information content (AvgIpc) is 3.07. The van der Waals surface area contributed by atoms with Crippen LogP contribution in [0, 0.1) is 3.57 Å². The molecule has 0 spiro atoms. The largest absolute Gasteiger partial charge is 0.493 e. The Bertz CT molecular complexity index is 1220. The van der Waals surface area contributed by atoms with Crippen molar-refractivity contribution in [1.82, 2.24) is 4.90 Å². The second kappa shape index (κ2) is 10.6. The normalized spacial score (nSPS) is 14.8. The van der Waals surface area contributed by atoms with Gasteiger partial charge in [-0.2, -0.15) is 0 Å². The highest BCUT2D eigenvalue weighted by Gasteiger charge is 2.35. The zero-order chi connectivity index (χ0) is 23.4. The van der Waals surface area contributed by atoms with E-state index in [0.717, 1.165) is 32.0 Å². The molecule has 1 saturated heterocycles. The highest BCUT2D eigenvalue weighted by Crippen LogP contribution is 2.38. The van der Waals surface area contributed by atoms with Gasteiger partial charge in [-0.1, -0.05) is 54.1 Å². The molecule has 0 saturated carbocycles. The number of methoxy groups -OCH3 is 1. The van der Waals surface area contributed by atoms with Crippen LogP contribution in [0.5, 0.6) is 11.5 Å². The van der Waals surface area contributed by atoms with Gasteiger partial charge in [0.25, 0.3) is 11.1 Å². The Morgan fingerprint density at radius 2 is 1.76 bits per heavy atom. The van der Waals surface area contributed by atoms with Crippen molar-refractivity contribution in [3.05, 3.63) is 96.9 Å². The molecule has 4 rings (SSSR count). The Balaban J connectivity index is 1.53. The monoisotopic (exact) mass is 591 g/mol. The lowest BCUT2D eigenvalue weighted by Crippen LogP contribution is -2.27. The van der Waals surface area contributed by atoms with Gasteiger partial charge in [0.05, 0.1) is 22.1 Å². The lowest BCUT2D eigenvalue weighted by Gasteiger charge is -2.14. The number of hydrogen-bond donors (Lipinski definition) is 0. The average molecular weight is 592 g/mol. The Morgan fingerprint density at radius 3 is 2.45 bits per heavy atom. The molecule has 1 heterocycles. The minimum atomic E-state index is -0.300. The van der Waals surface area contributed by atoms with Crippen molar-refractivity contribution >= 4 is 63.2 Å². The first kappa shape index (κ1) is 23.7. The molecule has 3 aromatic carbocycles. The Hall–Kier alpha value is -2.49. The Morgan fingerprint density at radius 1 is 1.03 bits per heavy atom. The molecule has 1 aliphatic rings. The molecule has 0 radical (unpaired) electrons. The summed E-state index contributed by atoms with van der Waals surface area (Å²) in [5, 5.41) is 0.392. The number of carbonyl (C=O) groups excluding carboxylic acids is 2. The van der Waals surface area contributed by atoms with Crippen molar-refractivity contribution < 1.29 is 19.1 Å². The van der Waals surface area contributed by atoms with Gasteiger partial charge >= 0.3 is 0 Å². The van der Waals surface area contributed by atoms with Crippen LogP contribution in [0.4, 0.5) is 4.79 Å². The van der Waals surface area contributed by atoms with Crippen LogP contribution in [0.1, 0.15) is 16.7 Å². The summed E-state index contributed by atoms with van der Waals surface area (Å²) in [5.74, 6) is 0.860. The molecule has 5 nitrogen and oxygen atoms in total. The molecule has 2 amide bonds. The quantitative estimate of drug-likeness (QED) is 0.224. The number of rotatable bonds is 7. The molecule has 168 valence electrons. The maximum absolute atomic E-state index is 12.9. The zero-order valence-corrected chi connectivity index (χ0v) is 21.3. The zero-order valence-electron chi connectivity index (χ0n) is 17.6. The Labute approximate surface area is 214 Å². The van der Waals surface area contributed by atoms with Crippen LogP contribution in [-0.2, 0) is 17.9 Å². The summed E-state index contributed by atoms with van der Waals surface area (Å²) in [4.78, 5) is 27.0. The van der Waals surface area contributed by atoms with Crippen LogP contribution < -0.4 is 9.47 Å². The van der Waals surface area contributed by atoms with Crippen molar-refractivity contribution in [3.8, 4) is 11.5 Å². The molecule has 1 aliphatic heterocycles. The summed E-state index contributed by atoms with van der Waals surface area (Å²) < 4.78 is 12.4. The second-order valence-electron chi connectivity index (χ2n) is 7.20. The van der Waals surface area contributed by atoms with E-state index in [2.05, 4.69) is 22.6 Å². The van der Waals surface area contributed by atoms with Gasteiger partial charge in [-0.05, 0) is 81.4 Å². The van der Waals surface area contributed by atoms with E-state index in [1.54, 1.807) is 19.3 Å². The molecule has 33 heavy (non-hydrogen) atoms. The Kier molecular flexibility index (Phi) is 7.62. The van der Waals surface area contributed by atoms with E-state index < -0.39 is 0 Å². The number of carbonyl (C=O) groups is 2. The summed E-state index contributed by atoms with van der Waals surface area (Å²) in [6.45, 7) is 0.614. The molecule has 0 bridgehead atoms. The topological polar surface area (TPSA) is 55.8 Å². The summed E-state index contributed by atoms with van der Waals surface area (Å²) in [6.07, 6.45) is 1.71. The van der Waals surface area contributed by atoms with Gasteiger partial charge in [-0.25, -0.2) is 0 Å². The number of halogens is 2. The third-order valence-electron chi connectivity index (χ3n) is 4.90. The van der Waals surface area contributed by atoms with Crippen LogP contribution in [0.15, 0.2) is 71.6 Å². The standard InChI is InChI=1S/C25H19ClINO4S/c1-31-21-12-18(11-20(27)23(21)32-15-17-7-9-19(26)10-8-17)13-22-24(29)28(25(30)33-22)14-16-5-3-2-4-6-16/h2-13H,14-15H2,1H3/b22-13-. The lowest BCUT2D eigenvalue weighted by atomic mass is 10.1. The highest BCUT2D eigenvalue weighted by atomic mass is 127. The second-order valence-corrected chi connectivity index (χ2v) is 9.79. The van der Waals surface area contributed by atoms with E-state index in [0.29, 0.717) is 28.0 Å². The molecule has 1 fully saturated rings. The number of ether oxygens (including phenoxy) is 2. The van der Waals surface area contributed by atoms with Gasteiger partial charge in [0.15, 0.2) is 11.5 Å². The summed E-state index contributed by atoms with van der Waals surface area (Å²) in [7, 11) is 1.57. The van der Waals surface area contributed by atoms with Crippen LogP contribution in [0.25, 0.3) is 6.08 Å². The smallest absolute Gasteiger partial charge is 0.293 e. The number of nitrogens with zero attached hydrogens (tertiary/aromatic N) is 1. The molecule has 0 aliphatic carbocycles. The van der Waals surface area contributed by atoms with Crippen molar-refractivity contribution in [3.63, 3.8) is 0 Å². The minimum Gasteiger partial charge on any atom is -0.493 e. The first-order chi connectivity index (χ1) is 15.9. The number of hydrogen-bond acceptors (Lipinski definition) is 5. The van der Waals surface area contributed by atoms with E-state index in [-0.39, 0.29) is 17.7 Å². The first-order valence-electron chi connectivity index (χ1n) is 9.98. The fourth-order valence-electron chi connectivity index (χ4n) is 3.25. The molecule has 0 aromatic heterocycles. The van der Waals surface area contributed by atoms with Gasteiger partial charge in [0.2, 0.25) is 0 Å². The van der Waals surface area contributed by atoms with Crippen molar-refractivity contribution in [2.24, 2.45) is 0 Å². The third-order valence-corrected chi connectivity index (χ3v) is 6.86. The maximum Gasteiger partial charge on any atom is 0.293 e. The van der Waals surface area contributed by atoms with Crippen molar-refractivity contribution in [2.45, 2.75) is 13.2 Å². The number of thioether (sulfide) groups is 1. The van der Waals surface area contributed by atoms with Crippen molar-refractivity contribution in [1.29, 1.82) is 0 Å². The number of imide groups is 1. The highest BCUT2D eigenvalue weighted by molar-refractivity contribution is 14.1. The molecule has 0 unspecified atom stereocenters. The fraction of sp³-hybridized carbons (Fsp3) is 0.120. The van der Waals surface area contributed by atoms with E-state index >= 15 is 0 Å². The lowest BCUT2D eigenvalue weighted by molar-refractivity contribution is -0.123. The molecule has 8 heteroatoms. The first-order valence-corrected chi connectivity index (χ1v) is 12.3. The molecule has 0 atom stereocenters. The third kappa shape index (κ3) is 5.72. The van der Waals surface area contributed by atoms with E-state index in [9.17, 15) is 9.59 Å². The van der Waals surface area contributed by atoms with Crippen LogP contribution in [0.2, 0.25) is 5.02 Å². The van der Waals surface area contributed by atoms with Crippen molar-refractivity contribution in [2.75, 3.05) is 7.11 Å². The molecule has 3 aromatic rings. The van der Waals surface area contributed by atoms with Crippen LogP contribution in [-0.4, -0.2) is 23.2 Å². The van der Waals surface area contributed by atoms with Gasteiger partial charge < -0.3 is 9.47 Å². The summed E-state index contributed by atoms with van der Waals surface area (Å²) >= 11 is 9.06. The maximum atomic E-state index is 12.9. The minimum absolute atomic E-state index is 0.251. The van der Waals surface area contributed by atoms with Gasteiger partial charge in [0, 0.05) is 5.02 Å². The van der Waals surface area contributed by atoms with Crippen LogP contribution in [0.3, 0.4) is 0 Å². The van der Waals surface area contributed by atoms with Crippen LogP contribution >= 0.6 is 46.0 Å². The molecule has 0 N–H and O–H groups in total. The molecular formula is C25H19ClINO4S. The summed E-state index contributed by atoms with van der Waals surface area (Å²) in [5.41, 5.74) is 2.63. The van der Waals surface area contributed by atoms with Gasteiger partial charge in [0.1, 0.15) is 6.61 Å². The predicted molar refractivity (Wildman–Crippen MR) is 139 cm³/mol. The van der Waals surface area contributed by atoms with Gasteiger partial charge in [-0.3, -0.25) is 14.5 Å². The number of benzene rings is 3. The van der Waals surface area contributed by atoms with E-state index in [1.165, 1.54) is 4.90 Å².